The molecule has 2 aliphatic heterocycles. The molecule has 3 heteroatoms. The van der Waals surface area contributed by atoms with Crippen molar-refractivity contribution in [2.24, 2.45) is 0 Å². The summed E-state index contributed by atoms with van der Waals surface area (Å²) < 4.78 is 0. The molecule has 3 aliphatic carbocycles. The summed E-state index contributed by atoms with van der Waals surface area (Å²) in [6.07, 6.45) is 16.1. The third-order valence-corrected chi connectivity index (χ3v) is 14.5. The van der Waals surface area contributed by atoms with Gasteiger partial charge in [0.1, 0.15) is 0 Å². The lowest BCUT2D eigenvalue weighted by Crippen LogP contribution is -2.56. The average molecular weight is 727 g/mol. The predicted molar refractivity (Wildman–Crippen MR) is 234 cm³/mol. The minimum atomic E-state index is -0.421. The maximum Gasteiger partial charge on any atom is 0.0750 e. The zero-order valence-corrected chi connectivity index (χ0v) is 34.1. The largest absolute Gasteiger partial charge is 0.354 e. The van der Waals surface area contributed by atoms with Crippen LogP contribution >= 0.6 is 12.6 Å². The summed E-state index contributed by atoms with van der Waals surface area (Å²) in [6.45, 7) is 21.1. The van der Waals surface area contributed by atoms with Crippen LogP contribution in [0.2, 0.25) is 0 Å². The van der Waals surface area contributed by atoms with Crippen LogP contribution in [0.1, 0.15) is 125 Å². The average Bonchev–Trinajstić information content (AvgIpc) is 3.57. The molecule has 1 spiro atoms. The molecular weight excluding hydrogens is 673 g/mol. The Balaban J connectivity index is 1.28. The quantitative estimate of drug-likeness (QED) is 0.161. The molecule has 2 heterocycles. The van der Waals surface area contributed by atoms with E-state index in [-0.39, 0.29) is 16.4 Å². The number of rotatable bonds is 4. The van der Waals surface area contributed by atoms with Crippen LogP contribution in [0.15, 0.2) is 126 Å². The van der Waals surface area contributed by atoms with Gasteiger partial charge in [0.05, 0.1) is 22.3 Å². The molecule has 4 aromatic carbocycles. The summed E-state index contributed by atoms with van der Waals surface area (Å²) in [5, 5.41) is 3.99. The van der Waals surface area contributed by atoms with Crippen LogP contribution in [0, 0.1) is 6.92 Å². The molecule has 3 atom stereocenters. The number of anilines is 3. The second kappa shape index (κ2) is 12.3. The van der Waals surface area contributed by atoms with Crippen molar-refractivity contribution in [3.8, 4) is 0 Å². The van der Waals surface area contributed by atoms with Gasteiger partial charge in [-0.2, -0.15) is 0 Å². The Morgan fingerprint density at radius 3 is 2.37 bits per heavy atom. The fourth-order valence-corrected chi connectivity index (χ4v) is 11.6. The van der Waals surface area contributed by atoms with Crippen molar-refractivity contribution in [1.29, 1.82) is 0 Å². The number of aryl methyl sites for hydroxylation is 1. The highest BCUT2D eigenvalue weighted by Crippen LogP contribution is 2.64. The Kier molecular flexibility index (Phi) is 8.01. The van der Waals surface area contributed by atoms with Crippen LogP contribution in [-0.2, 0) is 16.2 Å². The summed E-state index contributed by atoms with van der Waals surface area (Å²) in [5.74, 6) is 0. The summed E-state index contributed by atoms with van der Waals surface area (Å²) in [7, 11) is 0. The molecular formula is C51H54N2S. The van der Waals surface area contributed by atoms with Gasteiger partial charge >= 0.3 is 0 Å². The molecule has 0 radical (unpaired) electrons. The lowest BCUT2D eigenvalue weighted by atomic mass is 9.61. The van der Waals surface area contributed by atoms with E-state index in [1.54, 1.807) is 0 Å². The van der Waals surface area contributed by atoms with Crippen LogP contribution in [0.3, 0.4) is 0 Å². The van der Waals surface area contributed by atoms with Gasteiger partial charge in [-0.05, 0) is 114 Å². The van der Waals surface area contributed by atoms with E-state index < -0.39 is 5.41 Å². The van der Waals surface area contributed by atoms with Crippen molar-refractivity contribution >= 4 is 40.8 Å². The molecule has 3 unspecified atom stereocenters. The van der Waals surface area contributed by atoms with Crippen molar-refractivity contribution in [2.75, 3.05) is 10.2 Å². The van der Waals surface area contributed by atoms with Crippen molar-refractivity contribution in [3.05, 3.63) is 170 Å². The molecule has 1 fully saturated rings. The topological polar surface area (TPSA) is 15.3 Å². The van der Waals surface area contributed by atoms with Gasteiger partial charge in [-0.1, -0.05) is 144 Å². The van der Waals surface area contributed by atoms with Gasteiger partial charge in [0.25, 0.3) is 0 Å². The Morgan fingerprint density at radius 2 is 1.61 bits per heavy atom. The Morgan fingerprint density at radius 1 is 0.889 bits per heavy atom. The van der Waals surface area contributed by atoms with Crippen LogP contribution in [0.5, 0.6) is 0 Å². The van der Waals surface area contributed by atoms with Gasteiger partial charge in [-0.25, -0.2) is 0 Å². The first-order chi connectivity index (χ1) is 25.9. The van der Waals surface area contributed by atoms with Crippen molar-refractivity contribution in [3.63, 3.8) is 0 Å². The molecule has 274 valence electrons. The number of fused-ring (bicyclic) bond motifs is 11. The van der Waals surface area contributed by atoms with Crippen LogP contribution in [0.25, 0.3) is 11.1 Å². The van der Waals surface area contributed by atoms with E-state index >= 15 is 0 Å². The van der Waals surface area contributed by atoms with Gasteiger partial charge < -0.3 is 10.2 Å². The molecule has 0 bridgehead atoms. The Bertz CT molecular complexity index is 2400. The fourth-order valence-electron chi connectivity index (χ4n) is 11.2. The molecule has 1 N–H and O–H groups in total. The number of nitrogens with one attached hydrogen (secondary N) is 1. The van der Waals surface area contributed by atoms with Crippen LogP contribution < -0.4 is 10.2 Å². The molecule has 2 nitrogen and oxygen atoms in total. The first kappa shape index (κ1) is 35.2. The van der Waals surface area contributed by atoms with Crippen LogP contribution in [-0.4, -0.2) is 5.54 Å². The number of nitrogens with zero attached hydrogens (tertiary/aromatic N) is 1. The van der Waals surface area contributed by atoms with E-state index in [1.165, 1.54) is 75.0 Å². The smallest absolute Gasteiger partial charge is 0.0750 e. The maximum absolute atomic E-state index is 5.57. The lowest BCUT2D eigenvalue weighted by molar-refractivity contribution is 0.191. The normalized spacial score (nSPS) is 25.6. The highest BCUT2D eigenvalue weighted by Gasteiger charge is 2.59. The van der Waals surface area contributed by atoms with E-state index in [4.69, 9.17) is 12.6 Å². The van der Waals surface area contributed by atoms with E-state index in [1.807, 2.05) is 6.08 Å². The summed E-state index contributed by atoms with van der Waals surface area (Å²) in [4.78, 5) is 3.66. The number of benzene rings is 4. The van der Waals surface area contributed by atoms with Gasteiger partial charge in [0, 0.05) is 27.3 Å². The van der Waals surface area contributed by atoms with E-state index in [9.17, 15) is 0 Å². The third-order valence-electron chi connectivity index (χ3n) is 14.1. The molecule has 1 saturated carbocycles. The summed E-state index contributed by atoms with van der Waals surface area (Å²) in [5.41, 5.74) is 19.1. The van der Waals surface area contributed by atoms with Gasteiger partial charge in [0.2, 0.25) is 0 Å². The predicted octanol–water partition coefficient (Wildman–Crippen LogP) is 13.6. The zero-order valence-electron chi connectivity index (χ0n) is 33.2. The summed E-state index contributed by atoms with van der Waals surface area (Å²) in [6, 6.07) is 29.9. The number of hydrogen-bond acceptors (Lipinski definition) is 3. The number of allylic oxidation sites excluding steroid dienone is 7. The SMILES string of the molecule is C=C/C(=C(S)\C(=C/C)N1c2c(C)cc(C(C)(C)C)cc2C2(C)CCCCC12C)c1cccc2c1Nc1ccccc1C21C2=C(CCC=C2)c2ccccc21. The second-order valence-corrected chi connectivity index (χ2v) is 18.2. The lowest BCUT2D eigenvalue weighted by Gasteiger charge is -2.51. The fraction of sp³-hybridized carbons (Fsp3) is 0.333. The molecule has 0 aromatic heterocycles. The Labute approximate surface area is 328 Å². The molecule has 54 heavy (non-hydrogen) atoms. The molecule has 5 aliphatic rings. The first-order valence-electron chi connectivity index (χ1n) is 20.1. The van der Waals surface area contributed by atoms with Crippen molar-refractivity contribution < 1.29 is 0 Å². The standard InChI is InChI=1S/C51H54N2S/c1-9-34(47(54)44(10-2)53-46-32(3)30-33(48(4,5)6)31-42(46)49(7)28-17-18-29-50(49,53)8)37-22-19-26-41-45(37)52-43-27-16-15-25-40(43)51(41)38-23-13-11-20-35(38)36-21-12-14-24-39(36)51/h9-11,13-16,19-20,22-27,30-31,52,54H,1,12,17-18,21,28-29H2,2-8H3/b44-10+,47-34-. The molecule has 0 amide bonds. The maximum atomic E-state index is 5.57. The van der Waals surface area contributed by atoms with E-state index in [0.717, 1.165) is 52.4 Å². The van der Waals surface area contributed by atoms with Crippen molar-refractivity contribution in [1.82, 2.24) is 0 Å². The highest BCUT2D eigenvalue weighted by atomic mass is 32.1. The molecule has 9 rings (SSSR count). The van der Waals surface area contributed by atoms with Gasteiger partial charge in [-0.3, -0.25) is 0 Å². The van der Waals surface area contributed by atoms with Gasteiger partial charge in [0.15, 0.2) is 0 Å². The van der Waals surface area contributed by atoms with E-state index in [2.05, 4.69) is 162 Å². The van der Waals surface area contributed by atoms with Gasteiger partial charge in [-0.15, -0.1) is 12.6 Å². The van der Waals surface area contributed by atoms with E-state index in [0.29, 0.717) is 0 Å². The zero-order chi connectivity index (χ0) is 37.8. The highest BCUT2D eigenvalue weighted by molar-refractivity contribution is 7.85. The number of para-hydroxylation sites is 2. The number of thiol groups is 1. The second-order valence-electron chi connectivity index (χ2n) is 17.8. The minimum absolute atomic E-state index is 0.0155. The minimum Gasteiger partial charge on any atom is -0.354 e. The first-order valence-corrected chi connectivity index (χ1v) is 20.5. The number of hydrogen-bond donors (Lipinski definition) is 2. The molecule has 0 saturated heterocycles. The Hall–Kier alpha value is -4.47. The molecule has 4 aromatic rings. The third kappa shape index (κ3) is 4.54. The van der Waals surface area contributed by atoms with Crippen LogP contribution in [0.4, 0.5) is 17.1 Å². The summed E-state index contributed by atoms with van der Waals surface area (Å²) >= 11 is 5.57. The van der Waals surface area contributed by atoms with Crippen molar-refractivity contribution in [2.45, 2.75) is 109 Å². The monoisotopic (exact) mass is 726 g/mol.